The highest BCUT2D eigenvalue weighted by molar-refractivity contribution is 5.95. The van der Waals surface area contributed by atoms with Crippen LogP contribution in [-0.2, 0) is 10.3 Å². The number of furan rings is 1. The molecule has 0 radical (unpaired) electrons. The zero-order valence-electron chi connectivity index (χ0n) is 21.4. The minimum atomic E-state index is -0.0410. The average Bonchev–Trinajstić information content (AvgIpc) is 3.63. The van der Waals surface area contributed by atoms with E-state index in [4.69, 9.17) is 15.7 Å². The number of hydrogen-bond donors (Lipinski definition) is 0. The average molecular weight is 529 g/mol. The van der Waals surface area contributed by atoms with Crippen molar-refractivity contribution in [1.82, 2.24) is 14.8 Å². The van der Waals surface area contributed by atoms with Crippen LogP contribution in [0.25, 0.3) is 38.4 Å². The van der Waals surface area contributed by atoms with Crippen LogP contribution in [0.1, 0.15) is 28.8 Å². The second kappa shape index (κ2) is 10.2. The Kier molecular flexibility index (Phi) is 6.97. The summed E-state index contributed by atoms with van der Waals surface area (Å²) in [5, 5.41) is 0. The maximum atomic E-state index is 12.2. The van der Waals surface area contributed by atoms with Crippen LogP contribution in [0.4, 0.5) is 5.69 Å². The standard InChI is InChI=1S/C30H28N4O3.ClH/c1-31-25-18-22(8-9-24(25)30(11-12-30)34-14-16-36-17-15-34)23-10-13-32-26-19-27(37-28(23)26)20-4-6-21(7-5-20)29(35)33(2)3;/h4-10,13,18-19H,11-12,14-17H2,2-3H3;1H. The summed E-state index contributed by atoms with van der Waals surface area (Å²) in [5.41, 5.74) is 6.55. The van der Waals surface area contributed by atoms with Crippen molar-refractivity contribution in [1.29, 1.82) is 0 Å². The number of morpholine rings is 1. The predicted octanol–water partition coefficient (Wildman–Crippen LogP) is 6.16. The first-order valence-corrected chi connectivity index (χ1v) is 12.6. The van der Waals surface area contributed by atoms with E-state index in [-0.39, 0.29) is 23.9 Å². The maximum absolute atomic E-state index is 12.2. The third-order valence-corrected chi connectivity index (χ3v) is 7.51. The molecule has 1 aliphatic carbocycles. The molecule has 2 aliphatic rings. The van der Waals surface area contributed by atoms with Gasteiger partial charge in [0.25, 0.3) is 5.91 Å². The fraction of sp³-hybridized carbons (Fsp3) is 0.300. The van der Waals surface area contributed by atoms with E-state index in [1.54, 1.807) is 25.2 Å². The zero-order valence-corrected chi connectivity index (χ0v) is 22.3. The second-order valence-corrected chi connectivity index (χ2v) is 9.94. The normalized spacial score (nSPS) is 16.4. The molecule has 2 aromatic heterocycles. The van der Waals surface area contributed by atoms with Crippen LogP contribution >= 0.6 is 12.4 Å². The zero-order chi connectivity index (χ0) is 25.6. The molecule has 194 valence electrons. The number of nitrogens with zero attached hydrogens (tertiary/aromatic N) is 4. The highest BCUT2D eigenvalue weighted by Crippen LogP contribution is 2.54. The summed E-state index contributed by atoms with van der Waals surface area (Å²) in [6, 6.07) is 17.5. The van der Waals surface area contributed by atoms with Crippen molar-refractivity contribution in [2.45, 2.75) is 18.4 Å². The Morgan fingerprint density at radius 2 is 1.74 bits per heavy atom. The summed E-state index contributed by atoms with van der Waals surface area (Å²) >= 11 is 0. The highest BCUT2D eigenvalue weighted by atomic mass is 35.5. The van der Waals surface area contributed by atoms with E-state index in [0.717, 1.165) is 66.9 Å². The Bertz CT molecular complexity index is 1530. The second-order valence-electron chi connectivity index (χ2n) is 9.94. The summed E-state index contributed by atoms with van der Waals surface area (Å²) in [7, 11) is 3.48. The molecule has 6 rings (SSSR count). The maximum Gasteiger partial charge on any atom is 0.253 e. The van der Waals surface area contributed by atoms with Gasteiger partial charge in [-0.3, -0.25) is 14.7 Å². The fourth-order valence-electron chi connectivity index (χ4n) is 5.39. The third-order valence-electron chi connectivity index (χ3n) is 7.51. The lowest BCUT2D eigenvalue weighted by Gasteiger charge is -2.36. The number of benzene rings is 2. The molecule has 0 N–H and O–H groups in total. The Hall–Kier alpha value is -3.70. The molecule has 2 fully saturated rings. The number of hydrogen-bond acceptors (Lipinski definition) is 5. The summed E-state index contributed by atoms with van der Waals surface area (Å²) in [5.74, 6) is 0.644. The number of amides is 1. The predicted molar refractivity (Wildman–Crippen MR) is 150 cm³/mol. The van der Waals surface area contributed by atoms with Crippen LogP contribution in [-0.4, -0.2) is 61.1 Å². The summed E-state index contributed by atoms with van der Waals surface area (Å²) in [6.07, 6.45) is 3.93. The molecule has 1 saturated heterocycles. The van der Waals surface area contributed by atoms with Gasteiger partial charge in [0, 0.05) is 61.7 Å². The number of rotatable bonds is 5. The summed E-state index contributed by atoms with van der Waals surface area (Å²) in [4.78, 5) is 24.7. The van der Waals surface area contributed by atoms with Crippen molar-refractivity contribution < 1.29 is 13.9 Å². The molecule has 8 heteroatoms. The summed E-state index contributed by atoms with van der Waals surface area (Å²) < 4.78 is 11.9. The van der Waals surface area contributed by atoms with E-state index in [2.05, 4.69) is 26.9 Å². The number of ether oxygens (including phenoxy) is 1. The van der Waals surface area contributed by atoms with Gasteiger partial charge < -0.3 is 14.1 Å². The molecule has 0 spiro atoms. The van der Waals surface area contributed by atoms with E-state index < -0.39 is 0 Å². The number of halogens is 1. The van der Waals surface area contributed by atoms with Crippen molar-refractivity contribution >= 4 is 35.1 Å². The number of fused-ring (bicyclic) bond motifs is 1. The Labute approximate surface area is 228 Å². The molecule has 0 bridgehead atoms. The molecule has 1 aliphatic heterocycles. The lowest BCUT2D eigenvalue weighted by Crippen LogP contribution is -2.43. The first-order chi connectivity index (χ1) is 18.0. The van der Waals surface area contributed by atoms with Gasteiger partial charge in [-0.2, -0.15) is 0 Å². The van der Waals surface area contributed by atoms with Crippen molar-refractivity contribution in [3.63, 3.8) is 0 Å². The molecular formula is C30H29ClN4O3. The van der Waals surface area contributed by atoms with Crippen LogP contribution < -0.4 is 0 Å². The van der Waals surface area contributed by atoms with Gasteiger partial charge in [-0.1, -0.05) is 24.3 Å². The van der Waals surface area contributed by atoms with Crippen molar-refractivity contribution in [3.8, 4) is 22.5 Å². The quantitative estimate of drug-likeness (QED) is 0.290. The smallest absolute Gasteiger partial charge is 0.253 e. The van der Waals surface area contributed by atoms with Gasteiger partial charge in [-0.05, 0) is 48.2 Å². The topological polar surface area (TPSA) is 63.2 Å². The first-order valence-electron chi connectivity index (χ1n) is 12.6. The van der Waals surface area contributed by atoms with Crippen molar-refractivity contribution in [3.05, 3.63) is 83.3 Å². The fourth-order valence-corrected chi connectivity index (χ4v) is 5.39. The van der Waals surface area contributed by atoms with Gasteiger partial charge in [-0.15, -0.1) is 12.4 Å². The monoisotopic (exact) mass is 528 g/mol. The van der Waals surface area contributed by atoms with Gasteiger partial charge in [0.15, 0.2) is 11.3 Å². The van der Waals surface area contributed by atoms with Crippen LogP contribution in [0.15, 0.2) is 65.2 Å². The van der Waals surface area contributed by atoms with Crippen molar-refractivity contribution in [2.75, 3.05) is 40.4 Å². The molecule has 1 saturated carbocycles. The third kappa shape index (κ3) is 4.45. The summed E-state index contributed by atoms with van der Waals surface area (Å²) in [6.45, 7) is 11.2. The van der Waals surface area contributed by atoms with Crippen LogP contribution in [0.5, 0.6) is 0 Å². The van der Waals surface area contributed by atoms with Gasteiger partial charge in [0.05, 0.1) is 19.8 Å². The van der Waals surface area contributed by atoms with Gasteiger partial charge >= 0.3 is 0 Å². The van der Waals surface area contributed by atoms with E-state index in [1.807, 2.05) is 42.5 Å². The van der Waals surface area contributed by atoms with Crippen molar-refractivity contribution in [2.24, 2.45) is 0 Å². The molecule has 0 atom stereocenters. The van der Waals surface area contributed by atoms with E-state index in [9.17, 15) is 4.79 Å². The first kappa shape index (κ1) is 25.9. The highest BCUT2D eigenvalue weighted by Gasteiger charge is 2.50. The molecule has 38 heavy (non-hydrogen) atoms. The minimum absolute atomic E-state index is 0. The Morgan fingerprint density at radius 1 is 1.03 bits per heavy atom. The van der Waals surface area contributed by atoms with E-state index in [0.29, 0.717) is 22.6 Å². The van der Waals surface area contributed by atoms with Crippen LogP contribution in [0, 0.1) is 6.57 Å². The molecule has 3 heterocycles. The SMILES string of the molecule is Cl.[C-]#[N+]c1cc(-c2ccnc3cc(-c4ccc(C(=O)N(C)C)cc4)oc23)ccc1C1(N2CCOCC2)CC1. The van der Waals surface area contributed by atoms with E-state index >= 15 is 0 Å². The molecule has 4 aromatic rings. The van der Waals surface area contributed by atoms with Crippen LogP contribution in [0.2, 0.25) is 0 Å². The largest absolute Gasteiger partial charge is 0.454 e. The van der Waals surface area contributed by atoms with E-state index in [1.165, 1.54) is 0 Å². The Morgan fingerprint density at radius 3 is 2.39 bits per heavy atom. The van der Waals surface area contributed by atoms with Gasteiger partial charge in [0.2, 0.25) is 0 Å². The lowest BCUT2D eigenvalue weighted by atomic mass is 9.96. The Balaban J connectivity index is 0.00000294. The minimum Gasteiger partial charge on any atom is -0.454 e. The number of carbonyl (C=O) groups excluding carboxylic acids is 1. The number of pyridine rings is 1. The lowest BCUT2D eigenvalue weighted by molar-refractivity contribution is 0.00854. The van der Waals surface area contributed by atoms with Gasteiger partial charge in [0.1, 0.15) is 11.3 Å². The number of aromatic nitrogens is 1. The molecule has 2 aromatic carbocycles. The molecule has 0 unspecified atom stereocenters. The molecule has 1 amide bonds. The molecular weight excluding hydrogens is 500 g/mol. The van der Waals surface area contributed by atoms with Crippen LogP contribution in [0.3, 0.4) is 0 Å². The molecule has 7 nitrogen and oxygen atoms in total. The van der Waals surface area contributed by atoms with Gasteiger partial charge in [-0.25, -0.2) is 4.85 Å². The number of carbonyl (C=O) groups is 1.